The molecule has 0 aromatic heterocycles. The molecule has 0 heterocycles. The van der Waals surface area contributed by atoms with Gasteiger partial charge >= 0.3 is 6.18 Å². The number of alkyl halides is 3. The number of nitrogens with two attached hydrogens (primary N) is 1. The SMILES string of the molecule is C#Cc1ccc(-c2ccc(N)cc2C(F)(F)F)cc1. The van der Waals surface area contributed by atoms with Gasteiger partial charge in [0.2, 0.25) is 0 Å². The van der Waals surface area contributed by atoms with E-state index in [1.54, 1.807) is 24.3 Å². The van der Waals surface area contributed by atoms with E-state index in [-0.39, 0.29) is 11.3 Å². The van der Waals surface area contributed by atoms with Gasteiger partial charge in [-0.2, -0.15) is 13.2 Å². The Morgan fingerprint density at radius 2 is 1.63 bits per heavy atom. The molecular weight excluding hydrogens is 251 g/mol. The van der Waals surface area contributed by atoms with E-state index in [1.807, 2.05) is 0 Å². The summed E-state index contributed by atoms with van der Waals surface area (Å²) in [7, 11) is 0. The quantitative estimate of drug-likeness (QED) is 0.610. The van der Waals surface area contributed by atoms with E-state index in [0.29, 0.717) is 11.1 Å². The fourth-order valence-corrected chi connectivity index (χ4v) is 1.79. The molecule has 0 aliphatic carbocycles. The highest BCUT2D eigenvalue weighted by molar-refractivity contribution is 5.71. The summed E-state index contributed by atoms with van der Waals surface area (Å²) in [5.41, 5.74) is 5.91. The lowest BCUT2D eigenvalue weighted by Crippen LogP contribution is -2.08. The summed E-state index contributed by atoms with van der Waals surface area (Å²) in [6.45, 7) is 0. The van der Waals surface area contributed by atoms with Crippen LogP contribution in [0, 0.1) is 12.3 Å². The second kappa shape index (κ2) is 4.69. The fourth-order valence-electron chi connectivity index (χ4n) is 1.79. The van der Waals surface area contributed by atoms with Crippen LogP contribution in [0.5, 0.6) is 0 Å². The standard InChI is InChI=1S/C15H10F3N/c1-2-10-3-5-11(6-4-10)13-8-7-12(19)9-14(13)15(16,17)18/h1,3-9H,19H2. The number of hydrogen-bond acceptors (Lipinski definition) is 1. The highest BCUT2D eigenvalue weighted by Gasteiger charge is 2.33. The van der Waals surface area contributed by atoms with Crippen molar-refractivity contribution in [2.75, 3.05) is 5.73 Å². The molecule has 2 aromatic rings. The normalized spacial score (nSPS) is 11.1. The molecule has 0 unspecified atom stereocenters. The van der Waals surface area contributed by atoms with Crippen molar-refractivity contribution in [2.24, 2.45) is 0 Å². The monoisotopic (exact) mass is 261 g/mol. The van der Waals surface area contributed by atoms with Crippen LogP contribution in [0.2, 0.25) is 0 Å². The predicted molar refractivity (Wildman–Crippen MR) is 69.2 cm³/mol. The van der Waals surface area contributed by atoms with Gasteiger partial charge in [0.1, 0.15) is 0 Å². The van der Waals surface area contributed by atoms with Crippen LogP contribution in [-0.2, 0) is 6.18 Å². The topological polar surface area (TPSA) is 26.0 Å². The summed E-state index contributed by atoms with van der Waals surface area (Å²) >= 11 is 0. The van der Waals surface area contributed by atoms with Crippen molar-refractivity contribution >= 4 is 5.69 Å². The third-order valence-corrected chi connectivity index (χ3v) is 2.71. The van der Waals surface area contributed by atoms with Crippen LogP contribution in [0.15, 0.2) is 42.5 Å². The number of halogens is 3. The van der Waals surface area contributed by atoms with Gasteiger partial charge in [0, 0.05) is 11.3 Å². The van der Waals surface area contributed by atoms with Gasteiger partial charge < -0.3 is 5.73 Å². The molecule has 2 N–H and O–H groups in total. The molecule has 0 aliphatic heterocycles. The predicted octanol–water partition coefficient (Wildman–Crippen LogP) is 3.94. The Morgan fingerprint density at radius 3 is 2.16 bits per heavy atom. The Morgan fingerprint density at radius 1 is 1.00 bits per heavy atom. The fraction of sp³-hybridized carbons (Fsp3) is 0.0667. The van der Waals surface area contributed by atoms with Gasteiger partial charge in [0.25, 0.3) is 0 Å². The lowest BCUT2D eigenvalue weighted by atomic mass is 9.98. The summed E-state index contributed by atoms with van der Waals surface area (Å²) in [4.78, 5) is 0. The van der Waals surface area contributed by atoms with Crippen LogP contribution in [0.1, 0.15) is 11.1 Å². The average molecular weight is 261 g/mol. The van der Waals surface area contributed by atoms with E-state index in [2.05, 4.69) is 5.92 Å². The first-order chi connectivity index (χ1) is 8.91. The number of anilines is 1. The van der Waals surface area contributed by atoms with Crippen LogP contribution in [-0.4, -0.2) is 0 Å². The Balaban J connectivity index is 2.58. The Hall–Kier alpha value is -2.41. The number of benzene rings is 2. The minimum Gasteiger partial charge on any atom is -0.399 e. The smallest absolute Gasteiger partial charge is 0.399 e. The van der Waals surface area contributed by atoms with Gasteiger partial charge in [-0.15, -0.1) is 6.42 Å². The maximum Gasteiger partial charge on any atom is 0.417 e. The molecule has 0 aliphatic rings. The van der Waals surface area contributed by atoms with Crippen molar-refractivity contribution in [1.29, 1.82) is 0 Å². The van der Waals surface area contributed by atoms with Crippen LogP contribution in [0.4, 0.5) is 18.9 Å². The van der Waals surface area contributed by atoms with E-state index < -0.39 is 11.7 Å². The summed E-state index contributed by atoms with van der Waals surface area (Å²) in [5.74, 6) is 2.42. The molecule has 1 nitrogen and oxygen atoms in total. The number of terminal acetylenes is 1. The summed E-state index contributed by atoms with van der Waals surface area (Å²) in [6, 6.07) is 10.1. The van der Waals surface area contributed by atoms with Crippen molar-refractivity contribution < 1.29 is 13.2 Å². The first-order valence-corrected chi connectivity index (χ1v) is 5.45. The Labute approximate surface area is 108 Å². The number of nitrogen functional groups attached to an aromatic ring is 1. The second-order valence-electron chi connectivity index (χ2n) is 4.02. The maximum absolute atomic E-state index is 13.0. The molecule has 96 valence electrons. The van der Waals surface area contributed by atoms with Crippen LogP contribution >= 0.6 is 0 Å². The van der Waals surface area contributed by atoms with Gasteiger partial charge in [0.05, 0.1) is 5.56 Å². The first kappa shape index (κ1) is 13.0. The molecule has 2 rings (SSSR count). The maximum atomic E-state index is 13.0. The Kier molecular flexibility index (Phi) is 3.22. The van der Waals surface area contributed by atoms with Gasteiger partial charge in [0.15, 0.2) is 0 Å². The highest BCUT2D eigenvalue weighted by Crippen LogP contribution is 2.38. The largest absolute Gasteiger partial charge is 0.417 e. The minimum atomic E-state index is -4.45. The summed E-state index contributed by atoms with van der Waals surface area (Å²) in [5, 5.41) is 0. The van der Waals surface area contributed by atoms with Crippen molar-refractivity contribution in [3.05, 3.63) is 53.6 Å². The molecule has 0 bridgehead atoms. The van der Waals surface area contributed by atoms with Crippen molar-refractivity contribution in [1.82, 2.24) is 0 Å². The van der Waals surface area contributed by atoms with Crippen molar-refractivity contribution in [3.63, 3.8) is 0 Å². The van der Waals surface area contributed by atoms with Gasteiger partial charge in [-0.1, -0.05) is 24.1 Å². The molecule has 0 atom stereocenters. The average Bonchev–Trinajstić information content (AvgIpc) is 2.38. The lowest BCUT2D eigenvalue weighted by molar-refractivity contribution is -0.137. The first-order valence-electron chi connectivity index (χ1n) is 5.45. The van der Waals surface area contributed by atoms with E-state index in [1.165, 1.54) is 12.1 Å². The van der Waals surface area contributed by atoms with E-state index in [4.69, 9.17) is 12.2 Å². The van der Waals surface area contributed by atoms with Crippen LogP contribution in [0.25, 0.3) is 11.1 Å². The third-order valence-electron chi connectivity index (χ3n) is 2.71. The van der Waals surface area contributed by atoms with Gasteiger partial charge in [-0.25, -0.2) is 0 Å². The zero-order valence-corrected chi connectivity index (χ0v) is 9.83. The van der Waals surface area contributed by atoms with Gasteiger partial charge in [-0.3, -0.25) is 0 Å². The molecule has 0 saturated carbocycles. The minimum absolute atomic E-state index is 0.0799. The van der Waals surface area contributed by atoms with Crippen molar-refractivity contribution in [2.45, 2.75) is 6.18 Å². The van der Waals surface area contributed by atoms with Gasteiger partial charge in [-0.05, 0) is 35.4 Å². The molecule has 2 aromatic carbocycles. The van der Waals surface area contributed by atoms with E-state index >= 15 is 0 Å². The second-order valence-corrected chi connectivity index (χ2v) is 4.02. The lowest BCUT2D eigenvalue weighted by Gasteiger charge is -2.13. The molecule has 0 radical (unpaired) electrons. The molecule has 0 amide bonds. The van der Waals surface area contributed by atoms with Crippen LogP contribution < -0.4 is 5.73 Å². The van der Waals surface area contributed by atoms with Crippen LogP contribution in [0.3, 0.4) is 0 Å². The zero-order valence-electron chi connectivity index (χ0n) is 9.83. The van der Waals surface area contributed by atoms with E-state index in [0.717, 1.165) is 6.07 Å². The summed E-state index contributed by atoms with van der Waals surface area (Å²) < 4.78 is 38.9. The highest BCUT2D eigenvalue weighted by atomic mass is 19.4. The molecular formula is C15H10F3N. The molecule has 19 heavy (non-hydrogen) atoms. The molecule has 4 heteroatoms. The van der Waals surface area contributed by atoms with Crippen molar-refractivity contribution in [3.8, 4) is 23.5 Å². The van der Waals surface area contributed by atoms with E-state index in [9.17, 15) is 13.2 Å². The number of hydrogen-bond donors (Lipinski definition) is 1. The molecule has 0 spiro atoms. The Bertz CT molecular complexity index is 634. The summed E-state index contributed by atoms with van der Waals surface area (Å²) in [6.07, 6.45) is 0.762. The number of rotatable bonds is 1. The third kappa shape index (κ3) is 2.71. The molecule has 0 fully saturated rings. The zero-order chi connectivity index (χ0) is 14.0. The molecule has 0 saturated heterocycles.